The third-order valence-corrected chi connectivity index (χ3v) is 4.32. The van der Waals surface area contributed by atoms with Crippen LogP contribution >= 0.6 is 0 Å². The summed E-state index contributed by atoms with van der Waals surface area (Å²) in [5, 5.41) is 0. The van der Waals surface area contributed by atoms with E-state index in [2.05, 4.69) is 15.0 Å². The van der Waals surface area contributed by atoms with Crippen LogP contribution in [-0.2, 0) is 19.3 Å². The van der Waals surface area contributed by atoms with E-state index in [1.165, 1.54) is 12.1 Å². The maximum absolute atomic E-state index is 14.4. The second-order valence-corrected chi connectivity index (χ2v) is 8.56. The van der Waals surface area contributed by atoms with E-state index in [1.54, 1.807) is 17.6 Å². The van der Waals surface area contributed by atoms with Gasteiger partial charge < -0.3 is 9.47 Å². The highest BCUT2D eigenvalue weighted by Gasteiger charge is 2.34. The Morgan fingerprint density at radius 2 is 1.73 bits per heavy atom. The van der Waals surface area contributed by atoms with Crippen molar-refractivity contribution in [3.63, 3.8) is 0 Å². The van der Waals surface area contributed by atoms with Crippen LogP contribution in [0.15, 0.2) is 41.5 Å². The minimum atomic E-state index is -4.68. The third-order valence-electron chi connectivity index (χ3n) is 4.32. The van der Waals surface area contributed by atoms with Crippen LogP contribution in [0.4, 0.5) is 17.6 Å². The van der Waals surface area contributed by atoms with Gasteiger partial charge in [-0.05, 0) is 30.0 Å². The summed E-state index contributed by atoms with van der Waals surface area (Å²) < 4.78 is 64.3. The first-order chi connectivity index (χ1) is 15.3. The van der Waals surface area contributed by atoms with Crippen LogP contribution < -0.4 is 15.2 Å². The predicted molar refractivity (Wildman–Crippen MR) is 111 cm³/mol. The van der Waals surface area contributed by atoms with Crippen LogP contribution in [-0.4, -0.2) is 19.5 Å². The number of benzene rings is 1. The number of rotatable bonds is 6. The Bertz CT molecular complexity index is 1190. The summed E-state index contributed by atoms with van der Waals surface area (Å²) in [6.45, 7) is 8.25. The average Bonchev–Trinajstić information content (AvgIpc) is 2.70. The summed E-state index contributed by atoms with van der Waals surface area (Å²) >= 11 is 0. The van der Waals surface area contributed by atoms with E-state index in [1.807, 2.05) is 20.8 Å². The first-order valence-electron chi connectivity index (χ1n) is 9.89. The Labute approximate surface area is 187 Å². The van der Waals surface area contributed by atoms with Gasteiger partial charge >= 0.3 is 11.9 Å². The van der Waals surface area contributed by atoms with Crippen molar-refractivity contribution in [2.45, 2.75) is 47.0 Å². The van der Waals surface area contributed by atoms with E-state index in [9.17, 15) is 22.4 Å². The summed E-state index contributed by atoms with van der Waals surface area (Å²) in [6, 6.07) is 5.59. The molecular formula is C22H22F4N4O3. The van der Waals surface area contributed by atoms with Gasteiger partial charge in [0.15, 0.2) is 17.3 Å². The summed E-state index contributed by atoms with van der Waals surface area (Å²) in [5.41, 5.74) is 0.580. The molecule has 1 aromatic carbocycles. The van der Waals surface area contributed by atoms with Crippen LogP contribution in [0.25, 0.3) is 0 Å². The molecule has 11 heteroatoms. The number of hydrogen-bond acceptors (Lipinski definition) is 6. The van der Waals surface area contributed by atoms with Crippen molar-refractivity contribution in [3.8, 4) is 17.4 Å². The molecule has 0 unspecified atom stereocenters. The summed E-state index contributed by atoms with van der Waals surface area (Å²) in [4.78, 5) is 22.6. The number of hydrogen-bond donors (Lipinski definition) is 0. The van der Waals surface area contributed by atoms with Gasteiger partial charge in [0, 0.05) is 18.3 Å². The second-order valence-electron chi connectivity index (χ2n) is 8.56. The maximum Gasteiger partial charge on any atom is 0.451 e. The van der Waals surface area contributed by atoms with Gasteiger partial charge in [0.25, 0.3) is 0 Å². The highest BCUT2D eigenvalue weighted by molar-refractivity contribution is 5.33. The summed E-state index contributed by atoms with van der Waals surface area (Å²) in [6.07, 6.45) is -3.07. The van der Waals surface area contributed by atoms with Gasteiger partial charge in [0.2, 0.25) is 11.7 Å². The molecule has 0 N–H and O–H groups in total. The van der Waals surface area contributed by atoms with E-state index in [0.29, 0.717) is 17.8 Å². The minimum absolute atomic E-state index is 0.0598. The molecule has 176 valence electrons. The molecule has 2 heterocycles. The van der Waals surface area contributed by atoms with Gasteiger partial charge in [-0.3, -0.25) is 4.57 Å². The number of ether oxygens (including phenoxy) is 2. The lowest BCUT2D eigenvalue weighted by Crippen LogP contribution is -2.30. The summed E-state index contributed by atoms with van der Waals surface area (Å²) in [5.74, 6) is -2.34. The minimum Gasteiger partial charge on any atom is -0.473 e. The zero-order valence-electron chi connectivity index (χ0n) is 18.4. The first-order valence-corrected chi connectivity index (χ1v) is 9.89. The van der Waals surface area contributed by atoms with Crippen molar-refractivity contribution in [1.82, 2.24) is 19.5 Å². The Morgan fingerprint density at radius 3 is 2.27 bits per heavy atom. The lowest BCUT2D eigenvalue weighted by molar-refractivity contribution is -0.145. The van der Waals surface area contributed by atoms with Crippen molar-refractivity contribution in [3.05, 3.63) is 70.0 Å². The number of halogens is 4. The molecule has 3 rings (SSSR count). The molecule has 0 radical (unpaired) electrons. The normalized spacial score (nSPS) is 12.0. The lowest BCUT2D eigenvalue weighted by Gasteiger charge is -2.21. The largest absolute Gasteiger partial charge is 0.473 e. The quantitative estimate of drug-likeness (QED) is 0.480. The van der Waals surface area contributed by atoms with E-state index in [4.69, 9.17) is 9.47 Å². The third kappa shape index (κ3) is 6.50. The molecule has 7 nitrogen and oxygen atoms in total. The van der Waals surface area contributed by atoms with Crippen LogP contribution in [0.1, 0.15) is 37.9 Å². The Hall–Kier alpha value is -3.50. The number of aryl methyl sites for hydroxylation is 1. The van der Waals surface area contributed by atoms with Crippen LogP contribution in [0.2, 0.25) is 0 Å². The van der Waals surface area contributed by atoms with Crippen LogP contribution in [0.5, 0.6) is 17.4 Å². The van der Waals surface area contributed by atoms with Crippen molar-refractivity contribution in [2.75, 3.05) is 0 Å². The second kappa shape index (κ2) is 9.16. The van der Waals surface area contributed by atoms with Crippen molar-refractivity contribution >= 4 is 0 Å². The molecule has 0 saturated carbocycles. The van der Waals surface area contributed by atoms with Crippen molar-refractivity contribution in [2.24, 2.45) is 5.41 Å². The molecule has 0 aliphatic rings. The van der Waals surface area contributed by atoms with E-state index < -0.39 is 23.5 Å². The highest BCUT2D eigenvalue weighted by atomic mass is 19.4. The fourth-order valence-corrected chi connectivity index (χ4v) is 2.85. The van der Waals surface area contributed by atoms with Gasteiger partial charge in [0.05, 0.1) is 12.4 Å². The van der Waals surface area contributed by atoms with Gasteiger partial charge in [0.1, 0.15) is 6.61 Å². The zero-order chi connectivity index (χ0) is 24.4. The van der Waals surface area contributed by atoms with Gasteiger partial charge in [-0.2, -0.15) is 18.2 Å². The molecule has 0 fully saturated rings. The van der Waals surface area contributed by atoms with Crippen LogP contribution in [0, 0.1) is 18.2 Å². The molecule has 0 saturated heterocycles. The number of aromatic nitrogens is 4. The molecule has 0 aliphatic carbocycles. The molecule has 3 aromatic rings. The number of nitrogens with zero attached hydrogens (tertiary/aromatic N) is 4. The SMILES string of the molecule is Cc1cc(OCc2ccc(Oc3cnc(C(F)(F)F)nc3)c(F)c2)nc(=O)n1CC(C)(C)C. The molecule has 2 aromatic heterocycles. The van der Waals surface area contributed by atoms with Crippen molar-refractivity contribution in [1.29, 1.82) is 0 Å². The molecule has 0 amide bonds. The Balaban J connectivity index is 1.67. The first kappa shape index (κ1) is 24.1. The maximum atomic E-state index is 14.4. The fraction of sp³-hybridized carbons (Fsp3) is 0.364. The summed E-state index contributed by atoms with van der Waals surface area (Å²) in [7, 11) is 0. The van der Waals surface area contributed by atoms with Crippen molar-refractivity contribution < 1.29 is 27.0 Å². The Kier molecular flexibility index (Phi) is 6.71. The van der Waals surface area contributed by atoms with Gasteiger partial charge in [-0.15, -0.1) is 0 Å². The smallest absolute Gasteiger partial charge is 0.451 e. The van der Waals surface area contributed by atoms with E-state index in [-0.39, 0.29) is 29.4 Å². The standard InChI is InChI=1S/C22H22F4N4O3/c1-13-7-18(29-20(31)30(13)12-21(2,3)4)32-11-14-5-6-17(16(23)8-14)33-15-9-27-19(28-10-15)22(24,25)26/h5-10H,11-12H2,1-4H3. The van der Waals surface area contributed by atoms with E-state index in [0.717, 1.165) is 18.5 Å². The number of alkyl halides is 3. The molecule has 33 heavy (non-hydrogen) atoms. The van der Waals surface area contributed by atoms with E-state index >= 15 is 0 Å². The van der Waals surface area contributed by atoms with Gasteiger partial charge in [-0.1, -0.05) is 26.8 Å². The highest BCUT2D eigenvalue weighted by Crippen LogP contribution is 2.28. The zero-order valence-corrected chi connectivity index (χ0v) is 18.4. The monoisotopic (exact) mass is 466 g/mol. The topological polar surface area (TPSA) is 79.1 Å². The molecule has 0 aliphatic heterocycles. The predicted octanol–water partition coefficient (Wildman–Crippen LogP) is 4.92. The Morgan fingerprint density at radius 1 is 1.06 bits per heavy atom. The molecule has 0 bridgehead atoms. The molecule has 0 spiro atoms. The van der Waals surface area contributed by atoms with Gasteiger partial charge in [-0.25, -0.2) is 19.2 Å². The molecule has 0 atom stereocenters. The average molecular weight is 466 g/mol. The molecular weight excluding hydrogens is 444 g/mol. The van der Waals surface area contributed by atoms with Crippen LogP contribution in [0.3, 0.4) is 0 Å². The lowest BCUT2D eigenvalue weighted by atomic mass is 9.97. The fourth-order valence-electron chi connectivity index (χ4n) is 2.85.